The Morgan fingerprint density at radius 1 is 0.266 bits per heavy atom. The van der Waals surface area contributed by atoms with Gasteiger partial charge in [-0.2, -0.15) is 0 Å². The molecule has 1 aromatic heterocycles. The van der Waals surface area contributed by atoms with Crippen LogP contribution < -0.4 is 0 Å². The number of benzene rings is 12. The number of fused-ring (bicyclic) bond motifs is 15. The summed E-state index contributed by atoms with van der Waals surface area (Å²) < 4.78 is 6.28. The second-order valence-electron chi connectivity index (χ2n) is 17.4. The fourth-order valence-corrected chi connectivity index (χ4v) is 11.8. The Bertz CT molecular complexity index is 3960. The van der Waals surface area contributed by atoms with Crippen molar-refractivity contribution in [2.45, 2.75) is 5.41 Å². The molecule has 1 heterocycles. The van der Waals surface area contributed by atoms with Gasteiger partial charge in [0, 0.05) is 10.8 Å². The van der Waals surface area contributed by atoms with Crippen molar-refractivity contribution in [2.24, 2.45) is 0 Å². The van der Waals surface area contributed by atoms with E-state index in [9.17, 15) is 0 Å². The van der Waals surface area contributed by atoms with Gasteiger partial charge in [0.15, 0.2) is 0 Å². The van der Waals surface area contributed by atoms with Gasteiger partial charge in [-0.15, -0.1) is 0 Å². The molecule has 14 rings (SSSR count). The molecular weight excluding hydrogens is 773 g/mol. The van der Waals surface area contributed by atoms with Crippen molar-refractivity contribution in [3.8, 4) is 33.4 Å². The highest BCUT2D eigenvalue weighted by atomic mass is 16.3. The Morgan fingerprint density at radius 3 is 1.33 bits per heavy atom. The third kappa shape index (κ3) is 4.73. The maximum atomic E-state index is 6.28. The van der Waals surface area contributed by atoms with Crippen LogP contribution in [0.15, 0.2) is 235 Å². The molecule has 0 bridgehead atoms. The molecular formula is C63H38O. The second kappa shape index (κ2) is 13.4. The van der Waals surface area contributed by atoms with Gasteiger partial charge in [-0.1, -0.05) is 206 Å². The smallest absolute Gasteiger partial charge is 0.135 e. The van der Waals surface area contributed by atoms with Crippen molar-refractivity contribution >= 4 is 75.8 Å². The monoisotopic (exact) mass is 810 g/mol. The lowest BCUT2D eigenvalue weighted by atomic mass is 9.65. The standard InChI is InChI=1S/C63H38O/c1-3-17-42(18-4-1)63(43-19-5-2-6-20-43)61-44-34-32-40(37-39(44)31-35-54(61)60-48-24-9-7-21-45(48)46-22-8-14-29-53(46)62(60)63)58-49-25-10-12-27-51(49)59(52-28-13-11-26-50(52)58)41-33-36-57-55(38-41)47-23-15-16-30-56(47)64-57/h1-38H. The van der Waals surface area contributed by atoms with Crippen LogP contribution >= 0.6 is 0 Å². The Kier molecular flexibility index (Phi) is 7.38. The molecule has 0 spiro atoms. The lowest BCUT2D eigenvalue weighted by Gasteiger charge is -2.35. The number of furan rings is 1. The van der Waals surface area contributed by atoms with Crippen LogP contribution in [0.1, 0.15) is 22.3 Å². The highest BCUT2D eigenvalue weighted by Crippen LogP contribution is 2.62. The van der Waals surface area contributed by atoms with E-state index >= 15 is 0 Å². The van der Waals surface area contributed by atoms with Gasteiger partial charge in [0.05, 0.1) is 5.41 Å². The van der Waals surface area contributed by atoms with Gasteiger partial charge in [-0.3, -0.25) is 0 Å². The zero-order chi connectivity index (χ0) is 41.9. The predicted octanol–water partition coefficient (Wildman–Crippen LogP) is 17.0. The Morgan fingerprint density at radius 2 is 0.719 bits per heavy atom. The van der Waals surface area contributed by atoms with Crippen LogP contribution in [0.3, 0.4) is 0 Å². The summed E-state index contributed by atoms with van der Waals surface area (Å²) in [4.78, 5) is 0. The molecule has 0 N–H and O–H groups in total. The first-order valence-electron chi connectivity index (χ1n) is 22.3. The Labute approximate surface area is 370 Å². The summed E-state index contributed by atoms with van der Waals surface area (Å²) in [6.07, 6.45) is 0. The lowest BCUT2D eigenvalue weighted by molar-refractivity contribution is 0.669. The molecule has 0 amide bonds. The molecule has 0 aliphatic heterocycles. The minimum Gasteiger partial charge on any atom is -0.456 e. The molecule has 0 fully saturated rings. The average molecular weight is 811 g/mol. The van der Waals surface area contributed by atoms with E-state index in [4.69, 9.17) is 4.42 Å². The van der Waals surface area contributed by atoms with Gasteiger partial charge >= 0.3 is 0 Å². The molecule has 64 heavy (non-hydrogen) atoms. The zero-order valence-corrected chi connectivity index (χ0v) is 34.8. The van der Waals surface area contributed by atoms with E-state index in [2.05, 4.69) is 224 Å². The molecule has 1 aliphatic rings. The summed E-state index contributed by atoms with van der Waals surface area (Å²) in [5.74, 6) is 0. The van der Waals surface area contributed by atoms with Crippen LogP contribution in [-0.2, 0) is 5.41 Å². The van der Waals surface area contributed by atoms with Crippen molar-refractivity contribution in [1.29, 1.82) is 0 Å². The third-order valence-corrected chi connectivity index (χ3v) is 14.3. The zero-order valence-electron chi connectivity index (χ0n) is 34.8. The molecule has 13 aromatic rings. The molecule has 296 valence electrons. The molecule has 0 unspecified atom stereocenters. The van der Waals surface area contributed by atoms with Crippen LogP contribution in [0.4, 0.5) is 0 Å². The van der Waals surface area contributed by atoms with E-state index in [0.717, 1.165) is 21.9 Å². The van der Waals surface area contributed by atoms with Gasteiger partial charge in [0.2, 0.25) is 0 Å². The normalized spacial score (nSPS) is 13.1. The average Bonchev–Trinajstić information content (AvgIpc) is 3.90. The van der Waals surface area contributed by atoms with Gasteiger partial charge in [0.1, 0.15) is 11.2 Å². The first kappa shape index (κ1) is 35.3. The molecule has 0 saturated carbocycles. The summed E-state index contributed by atoms with van der Waals surface area (Å²) in [5.41, 5.74) is 14.0. The molecule has 0 saturated heterocycles. The quantitative estimate of drug-likeness (QED) is 0.127. The summed E-state index contributed by atoms with van der Waals surface area (Å²) in [6.45, 7) is 0. The minimum absolute atomic E-state index is 0.583. The van der Waals surface area contributed by atoms with Gasteiger partial charge in [0.25, 0.3) is 0 Å². The SMILES string of the molecule is c1ccc(C2(c3ccccc3)c3c(ccc4cc(-c5c6ccccc6c(-c6ccc7oc8ccccc8c7c6)c6ccccc56)ccc34)-c3c2c2ccccc2c2ccccc32)cc1. The highest BCUT2D eigenvalue weighted by molar-refractivity contribution is 6.24. The molecule has 1 nitrogen and oxygen atoms in total. The van der Waals surface area contributed by atoms with Crippen LogP contribution in [-0.4, -0.2) is 0 Å². The van der Waals surface area contributed by atoms with E-state index in [0.29, 0.717) is 0 Å². The summed E-state index contributed by atoms with van der Waals surface area (Å²) in [7, 11) is 0. The van der Waals surface area contributed by atoms with Crippen LogP contribution in [0.2, 0.25) is 0 Å². The molecule has 0 radical (unpaired) electrons. The maximum absolute atomic E-state index is 6.28. The minimum atomic E-state index is -0.583. The second-order valence-corrected chi connectivity index (χ2v) is 17.4. The van der Waals surface area contributed by atoms with E-state index in [1.54, 1.807) is 0 Å². The fourth-order valence-electron chi connectivity index (χ4n) is 11.8. The van der Waals surface area contributed by atoms with E-state index in [1.807, 2.05) is 6.07 Å². The molecule has 1 heteroatoms. The summed E-state index contributed by atoms with van der Waals surface area (Å²) >= 11 is 0. The molecule has 1 aliphatic carbocycles. The van der Waals surface area contributed by atoms with Crippen molar-refractivity contribution < 1.29 is 4.42 Å². The van der Waals surface area contributed by atoms with Crippen molar-refractivity contribution in [3.63, 3.8) is 0 Å². The van der Waals surface area contributed by atoms with E-state index < -0.39 is 5.41 Å². The van der Waals surface area contributed by atoms with Crippen molar-refractivity contribution in [1.82, 2.24) is 0 Å². The van der Waals surface area contributed by atoms with E-state index in [1.165, 1.54) is 109 Å². The van der Waals surface area contributed by atoms with Crippen LogP contribution in [0.5, 0.6) is 0 Å². The Balaban J connectivity index is 1.07. The Hall–Kier alpha value is -8.26. The van der Waals surface area contributed by atoms with Gasteiger partial charge in [-0.25, -0.2) is 0 Å². The van der Waals surface area contributed by atoms with Gasteiger partial charge < -0.3 is 4.42 Å². The highest BCUT2D eigenvalue weighted by Gasteiger charge is 2.49. The maximum Gasteiger partial charge on any atom is 0.135 e. The predicted molar refractivity (Wildman–Crippen MR) is 269 cm³/mol. The number of hydrogen-bond acceptors (Lipinski definition) is 1. The fraction of sp³-hybridized carbons (Fsp3) is 0.0159. The van der Waals surface area contributed by atoms with Gasteiger partial charge in [-0.05, 0) is 134 Å². The summed E-state index contributed by atoms with van der Waals surface area (Å²) in [5, 5.41) is 14.9. The number of rotatable bonds is 4. The molecule has 0 atom stereocenters. The van der Waals surface area contributed by atoms with E-state index in [-0.39, 0.29) is 0 Å². The first-order chi connectivity index (χ1) is 31.8. The van der Waals surface area contributed by atoms with Crippen molar-refractivity contribution in [2.75, 3.05) is 0 Å². The number of hydrogen-bond donors (Lipinski definition) is 0. The van der Waals surface area contributed by atoms with Crippen molar-refractivity contribution in [3.05, 3.63) is 253 Å². The number of para-hydroxylation sites is 1. The first-order valence-corrected chi connectivity index (χ1v) is 22.3. The largest absolute Gasteiger partial charge is 0.456 e. The molecule has 12 aromatic carbocycles. The topological polar surface area (TPSA) is 13.1 Å². The third-order valence-electron chi connectivity index (χ3n) is 14.3. The van der Waals surface area contributed by atoms with Crippen LogP contribution in [0.25, 0.3) is 109 Å². The summed E-state index contributed by atoms with van der Waals surface area (Å²) in [6, 6.07) is 85.6. The lowest BCUT2D eigenvalue weighted by Crippen LogP contribution is -2.29. The van der Waals surface area contributed by atoms with Crippen LogP contribution in [0, 0.1) is 0 Å².